The topological polar surface area (TPSA) is 55.1 Å². The first-order valence-electron chi connectivity index (χ1n) is 6.98. The van der Waals surface area contributed by atoms with Crippen molar-refractivity contribution in [1.82, 2.24) is 0 Å². The summed E-state index contributed by atoms with van der Waals surface area (Å²) in [5.74, 6) is -0.407. The summed E-state index contributed by atoms with van der Waals surface area (Å²) >= 11 is 6.21. The van der Waals surface area contributed by atoms with Crippen LogP contribution >= 0.6 is 11.6 Å². The van der Waals surface area contributed by atoms with Crippen LogP contribution in [0.1, 0.15) is 25.3 Å². The Bertz CT molecular complexity index is 615. The van der Waals surface area contributed by atoms with Crippen LogP contribution in [-0.4, -0.2) is 5.91 Å². The minimum atomic E-state index is -0.957. The third kappa shape index (κ3) is 3.19. The Morgan fingerprint density at radius 3 is 2.33 bits per heavy atom. The Hall–Kier alpha value is -2.00. The Morgan fingerprint density at radius 2 is 1.76 bits per heavy atom. The van der Waals surface area contributed by atoms with Crippen LogP contribution < -0.4 is 11.1 Å². The highest BCUT2D eigenvalue weighted by molar-refractivity contribution is 6.33. The first kappa shape index (κ1) is 15.4. The van der Waals surface area contributed by atoms with E-state index in [9.17, 15) is 4.79 Å². The molecule has 1 unspecified atom stereocenters. The number of nitrogens with one attached hydrogen (secondary N) is 1. The van der Waals surface area contributed by atoms with E-state index in [1.165, 1.54) is 0 Å². The molecule has 3 N–H and O–H groups in total. The van der Waals surface area contributed by atoms with Gasteiger partial charge in [0.1, 0.15) is 5.54 Å². The van der Waals surface area contributed by atoms with Gasteiger partial charge in [0, 0.05) is 0 Å². The van der Waals surface area contributed by atoms with E-state index in [-0.39, 0.29) is 0 Å². The predicted molar refractivity (Wildman–Crippen MR) is 87.3 cm³/mol. The molecule has 0 aromatic heterocycles. The summed E-state index contributed by atoms with van der Waals surface area (Å²) in [4.78, 5) is 12.2. The normalized spacial score (nSPS) is 13.4. The van der Waals surface area contributed by atoms with Crippen molar-refractivity contribution in [3.05, 3.63) is 65.2 Å². The standard InChI is InChI=1S/C17H19ClN2O/c1-2-12-17(16(19)21,13-8-4-3-5-9-13)20-15-11-7-6-10-14(15)18/h3-11,20H,2,12H2,1H3,(H2,19,21). The van der Waals surface area contributed by atoms with Crippen molar-refractivity contribution in [2.45, 2.75) is 25.3 Å². The lowest BCUT2D eigenvalue weighted by Crippen LogP contribution is -2.47. The molecule has 3 nitrogen and oxygen atoms in total. The number of nitrogens with two attached hydrogens (primary N) is 1. The van der Waals surface area contributed by atoms with Crippen molar-refractivity contribution >= 4 is 23.2 Å². The van der Waals surface area contributed by atoms with Crippen LogP contribution in [0.25, 0.3) is 0 Å². The highest BCUT2D eigenvalue weighted by Gasteiger charge is 2.37. The molecule has 0 saturated carbocycles. The quantitative estimate of drug-likeness (QED) is 0.849. The number of para-hydroxylation sites is 1. The van der Waals surface area contributed by atoms with Crippen LogP contribution in [0.2, 0.25) is 5.02 Å². The summed E-state index contributed by atoms with van der Waals surface area (Å²) in [7, 11) is 0. The summed E-state index contributed by atoms with van der Waals surface area (Å²) in [6.45, 7) is 2.02. The lowest BCUT2D eigenvalue weighted by atomic mass is 9.84. The molecule has 2 aromatic carbocycles. The van der Waals surface area contributed by atoms with E-state index < -0.39 is 11.4 Å². The molecule has 4 heteroatoms. The second kappa shape index (κ2) is 6.64. The number of rotatable bonds is 6. The van der Waals surface area contributed by atoms with E-state index in [0.717, 1.165) is 12.0 Å². The third-order valence-electron chi connectivity index (χ3n) is 3.53. The number of benzene rings is 2. The molecule has 0 bridgehead atoms. The molecule has 1 amide bonds. The van der Waals surface area contributed by atoms with Crippen molar-refractivity contribution in [2.24, 2.45) is 5.73 Å². The van der Waals surface area contributed by atoms with Gasteiger partial charge in [0.2, 0.25) is 5.91 Å². The minimum Gasteiger partial charge on any atom is -0.367 e. The molecular weight excluding hydrogens is 284 g/mol. The molecule has 0 aliphatic carbocycles. The highest BCUT2D eigenvalue weighted by Crippen LogP contribution is 2.33. The van der Waals surface area contributed by atoms with Gasteiger partial charge in [0.25, 0.3) is 0 Å². The van der Waals surface area contributed by atoms with E-state index in [1.54, 1.807) is 6.07 Å². The van der Waals surface area contributed by atoms with Crippen LogP contribution in [0.15, 0.2) is 54.6 Å². The Balaban J connectivity index is 2.50. The number of amides is 1. The molecule has 110 valence electrons. The van der Waals surface area contributed by atoms with Crippen molar-refractivity contribution in [3.8, 4) is 0 Å². The van der Waals surface area contributed by atoms with Gasteiger partial charge in [-0.25, -0.2) is 0 Å². The predicted octanol–water partition coefficient (Wildman–Crippen LogP) is 3.93. The fourth-order valence-electron chi connectivity index (χ4n) is 2.50. The van der Waals surface area contributed by atoms with Gasteiger partial charge in [-0.15, -0.1) is 0 Å². The average Bonchev–Trinajstić information content (AvgIpc) is 2.49. The number of hydrogen-bond donors (Lipinski definition) is 2. The fraction of sp³-hybridized carbons (Fsp3) is 0.235. The molecule has 0 aliphatic heterocycles. The van der Waals surface area contributed by atoms with E-state index in [1.807, 2.05) is 55.5 Å². The van der Waals surface area contributed by atoms with Gasteiger partial charge in [-0.2, -0.15) is 0 Å². The van der Waals surface area contributed by atoms with Gasteiger partial charge in [0.05, 0.1) is 10.7 Å². The summed E-state index contributed by atoms with van der Waals surface area (Å²) in [6, 6.07) is 16.9. The Labute approximate surface area is 130 Å². The Morgan fingerprint density at radius 1 is 1.14 bits per heavy atom. The van der Waals surface area contributed by atoms with E-state index in [4.69, 9.17) is 17.3 Å². The van der Waals surface area contributed by atoms with Crippen molar-refractivity contribution in [2.75, 3.05) is 5.32 Å². The van der Waals surface area contributed by atoms with E-state index in [2.05, 4.69) is 5.32 Å². The van der Waals surface area contributed by atoms with Crippen LogP contribution in [0.5, 0.6) is 0 Å². The Kier molecular flexibility index (Phi) is 4.86. The molecule has 1 atom stereocenters. The van der Waals surface area contributed by atoms with Gasteiger partial charge in [-0.3, -0.25) is 4.79 Å². The molecule has 21 heavy (non-hydrogen) atoms. The average molecular weight is 303 g/mol. The van der Waals surface area contributed by atoms with Crippen LogP contribution in [0, 0.1) is 0 Å². The molecule has 2 rings (SSSR count). The van der Waals surface area contributed by atoms with Gasteiger partial charge < -0.3 is 11.1 Å². The first-order valence-corrected chi connectivity index (χ1v) is 7.36. The maximum atomic E-state index is 12.2. The molecule has 0 spiro atoms. The zero-order valence-corrected chi connectivity index (χ0v) is 12.7. The lowest BCUT2D eigenvalue weighted by molar-refractivity contribution is -0.122. The minimum absolute atomic E-state index is 0.407. The number of carbonyl (C=O) groups excluding carboxylic acids is 1. The molecule has 0 saturated heterocycles. The maximum absolute atomic E-state index is 12.2. The van der Waals surface area contributed by atoms with Gasteiger partial charge in [-0.1, -0.05) is 67.4 Å². The zero-order chi connectivity index (χ0) is 15.3. The number of halogens is 1. The molecule has 0 aliphatic rings. The van der Waals surface area contributed by atoms with Crippen molar-refractivity contribution < 1.29 is 4.79 Å². The number of carbonyl (C=O) groups is 1. The zero-order valence-electron chi connectivity index (χ0n) is 12.0. The van der Waals surface area contributed by atoms with Crippen LogP contribution in [-0.2, 0) is 10.3 Å². The number of anilines is 1. The smallest absolute Gasteiger partial charge is 0.247 e. The van der Waals surface area contributed by atoms with Gasteiger partial charge in [0.15, 0.2) is 0 Å². The monoisotopic (exact) mass is 302 g/mol. The molecule has 0 fully saturated rings. The lowest BCUT2D eigenvalue weighted by Gasteiger charge is -2.33. The van der Waals surface area contributed by atoms with Crippen LogP contribution in [0.3, 0.4) is 0 Å². The summed E-state index contributed by atoms with van der Waals surface area (Å²) in [6.07, 6.45) is 1.41. The largest absolute Gasteiger partial charge is 0.367 e. The van der Waals surface area contributed by atoms with E-state index >= 15 is 0 Å². The SMILES string of the molecule is CCCC(Nc1ccccc1Cl)(C(N)=O)c1ccccc1. The number of primary amides is 1. The highest BCUT2D eigenvalue weighted by atomic mass is 35.5. The summed E-state index contributed by atoms with van der Waals surface area (Å²) in [5.41, 5.74) is 6.34. The van der Waals surface area contributed by atoms with Crippen molar-refractivity contribution in [3.63, 3.8) is 0 Å². The van der Waals surface area contributed by atoms with Crippen molar-refractivity contribution in [1.29, 1.82) is 0 Å². The second-order valence-corrected chi connectivity index (χ2v) is 5.40. The first-order chi connectivity index (χ1) is 10.1. The summed E-state index contributed by atoms with van der Waals surface area (Å²) < 4.78 is 0. The van der Waals surface area contributed by atoms with Crippen LogP contribution in [0.4, 0.5) is 5.69 Å². The molecular formula is C17H19ClN2O. The van der Waals surface area contributed by atoms with Gasteiger partial charge >= 0.3 is 0 Å². The fourth-order valence-corrected chi connectivity index (χ4v) is 2.68. The molecule has 2 aromatic rings. The van der Waals surface area contributed by atoms with E-state index in [0.29, 0.717) is 17.1 Å². The summed E-state index contributed by atoms with van der Waals surface area (Å²) in [5, 5.41) is 3.84. The van der Waals surface area contributed by atoms with Gasteiger partial charge in [-0.05, 0) is 24.1 Å². The second-order valence-electron chi connectivity index (χ2n) is 4.99. The molecule has 0 radical (unpaired) electrons. The number of hydrogen-bond acceptors (Lipinski definition) is 2. The maximum Gasteiger partial charge on any atom is 0.247 e. The third-order valence-corrected chi connectivity index (χ3v) is 3.86. The molecule has 0 heterocycles.